The van der Waals surface area contributed by atoms with Crippen molar-refractivity contribution in [3.8, 4) is 5.75 Å². The molecule has 2 aromatic rings. The largest absolute Gasteiger partial charge is 0.508 e. The minimum Gasteiger partial charge on any atom is -0.508 e. The van der Waals surface area contributed by atoms with E-state index in [1.54, 1.807) is 12.1 Å². The zero-order valence-electron chi connectivity index (χ0n) is 10.7. The minimum atomic E-state index is 0.189. The standard InChI is InChI=1S/C15H18N2O/c1-11-7-8-17-15(9-11)14(16-2)10-12-3-5-13(18)6-4-12/h3-9,14,16,18H,10H2,1-2H3. The molecule has 0 bridgehead atoms. The highest BCUT2D eigenvalue weighted by molar-refractivity contribution is 5.28. The van der Waals surface area contributed by atoms with Gasteiger partial charge in [0.1, 0.15) is 5.75 Å². The normalized spacial score (nSPS) is 12.3. The fourth-order valence-electron chi connectivity index (χ4n) is 1.97. The van der Waals surface area contributed by atoms with E-state index in [9.17, 15) is 5.11 Å². The number of aryl methyl sites for hydroxylation is 1. The molecule has 1 aromatic carbocycles. The predicted molar refractivity (Wildman–Crippen MR) is 72.6 cm³/mol. The van der Waals surface area contributed by atoms with E-state index in [0.717, 1.165) is 12.1 Å². The maximum atomic E-state index is 9.27. The Kier molecular flexibility index (Phi) is 3.95. The van der Waals surface area contributed by atoms with Crippen molar-refractivity contribution in [2.24, 2.45) is 0 Å². The Morgan fingerprint density at radius 2 is 1.94 bits per heavy atom. The van der Waals surface area contributed by atoms with Crippen LogP contribution in [0.25, 0.3) is 0 Å². The smallest absolute Gasteiger partial charge is 0.115 e. The Morgan fingerprint density at radius 3 is 2.56 bits per heavy atom. The number of nitrogens with one attached hydrogen (secondary N) is 1. The van der Waals surface area contributed by atoms with E-state index in [1.807, 2.05) is 31.4 Å². The van der Waals surface area contributed by atoms with E-state index in [2.05, 4.69) is 23.3 Å². The van der Waals surface area contributed by atoms with Gasteiger partial charge in [-0.1, -0.05) is 12.1 Å². The number of rotatable bonds is 4. The van der Waals surface area contributed by atoms with Gasteiger partial charge in [0.15, 0.2) is 0 Å². The molecular weight excluding hydrogens is 224 g/mol. The molecule has 0 amide bonds. The Balaban J connectivity index is 2.17. The van der Waals surface area contributed by atoms with Gasteiger partial charge in [-0.25, -0.2) is 0 Å². The van der Waals surface area contributed by atoms with Crippen molar-refractivity contribution in [3.63, 3.8) is 0 Å². The van der Waals surface area contributed by atoms with Crippen LogP contribution in [0.15, 0.2) is 42.6 Å². The number of pyridine rings is 1. The highest BCUT2D eigenvalue weighted by Gasteiger charge is 2.11. The Hall–Kier alpha value is -1.87. The summed E-state index contributed by atoms with van der Waals surface area (Å²) in [6.45, 7) is 2.07. The number of benzene rings is 1. The van der Waals surface area contributed by atoms with Crippen molar-refractivity contribution in [1.82, 2.24) is 10.3 Å². The summed E-state index contributed by atoms with van der Waals surface area (Å²) in [4.78, 5) is 4.41. The van der Waals surface area contributed by atoms with Gasteiger partial charge in [-0.05, 0) is 55.8 Å². The van der Waals surface area contributed by atoms with Crippen LogP contribution in [0.1, 0.15) is 22.9 Å². The second-order valence-corrected chi connectivity index (χ2v) is 4.47. The van der Waals surface area contributed by atoms with Gasteiger partial charge in [0.2, 0.25) is 0 Å². The Morgan fingerprint density at radius 1 is 1.22 bits per heavy atom. The van der Waals surface area contributed by atoms with Crippen molar-refractivity contribution in [2.75, 3.05) is 7.05 Å². The molecule has 0 radical (unpaired) electrons. The number of phenols is 1. The molecule has 1 atom stereocenters. The molecule has 1 aromatic heterocycles. The van der Waals surface area contributed by atoms with Gasteiger partial charge in [-0.15, -0.1) is 0 Å². The summed E-state index contributed by atoms with van der Waals surface area (Å²) in [5.74, 6) is 0.299. The van der Waals surface area contributed by atoms with Crippen molar-refractivity contribution in [2.45, 2.75) is 19.4 Å². The zero-order valence-corrected chi connectivity index (χ0v) is 10.7. The fraction of sp³-hybridized carbons (Fsp3) is 0.267. The quantitative estimate of drug-likeness (QED) is 0.866. The van der Waals surface area contributed by atoms with E-state index in [1.165, 1.54) is 11.1 Å². The Bertz CT molecular complexity index is 508. The molecule has 1 heterocycles. The first-order valence-electron chi connectivity index (χ1n) is 6.07. The topological polar surface area (TPSA) is 45.1 Å². The van der Waals surface area contributed by atoms with Crippen LogP contribution in [0, 0.1) is 6.92 Å². The van der Waals surface area contributed by atoms with Crippen LogP contribution >= 0.6 is 0 Å². The van der Waals surface area contributed by atoms with Crippen LogP contribution in [0.2, 0.25) is 0 Å². The maximum absolute atomic E-state index is 9.27. The lowest BCUT2D eigenvalue weighted by molar-refractivity contribution is 0.474. The van der Waals surface area contributed by atoms with Crippen LogP contribution in [-0.2, 0) is 6.42 Å². The molecule has 0 aliphatic rings. The summed E-state index contributed by atoms with van der Waals surface area (Å²) in [5, 5.41) is 12.6. The van der Waals surface area contributed by atoms with E-state index in [-0.39, 0.29) is 6.04 Å². The van der Waals surface area contributed by atoms with Crippen molar-refractivity contribution in [1.29, 1.82) is 0 Å². The lowest BCUT2D eigenvalue weighted by atomic mass is 10.0. The molecule has 0 aliphatic heterocycles. The van der Waals surface area contributed by atoms with E-state index in [4.69, 9.17) is 0 Å². The van der Waals surface area contributed by atoms with Gasteiger partial charge in [-0.3, -0.25) is 4.98 Å². The summed E-state index contributed by atoms with van der Waals surface area (Å²) in [6, 6.07) is 11.6. The molecule has 94 valence electrons. The van der Waals surface area contributed by atoms with Crippen LogP contribution in [-0.4, -0.2) is 17.1 Å². The van der Waals surface area contributed by atoms with Gasteiger partial charge in [-0.2, -0.15) is 0 Å². The van der Waals surface area contributed by atoms with Crippen molar-refractivity contribution in [3.05, 3.63) is 59.4 Å². The summed E-state index contributed by atoms with van der Waals surface area (Å²) >= 11 is 0. The van der Waals surface area contributed by atoms with Gasteiger partial charge in [0.25, 0.3) is 0 Å². The minimum absolute atomic E-state index is 0.189. The van der Waals surface area contributed by atoms with Gasteiger partial charge in [0, 0.05) is 6.20 Å². The highest BCUT2D eigenvalue weighted by Crippen LogP contribution is 2.18. The first-order valence-corrected chi connectivity index (χ1v) is 6.07. The molecule has 0 aliphatic carbocycles. The molecule has 1 unspecified atom stereocenters. The summed E-state index contributed by atoms with van der Waals surface area (Å²) < 4.78 is 0. The molecule has 0 saturated heterocycles. The number of hydrogen-bond donors (Lipinski definition) is 2. The predicted octanol–water partition coefficient (Wildman–Crippen LogP) is 2.60. The lowest BCUT2D eigenvalue weighted by Gasteiger charge is -2.16. The third-order valence-corrected chi connectivity index (χ3v) is 3.02. The van der Waals surface area contributed by atoms with Crippen LogP contribution in [0.4, 0.5) is 0 Å². The second kappa shape index (κ2) is 5.65. The highest BCUT2D eigenvalue weighted by atomic mass is 16.3. The van der Waals surface area contributed by atoms with Crippen molar-refractivity contribution < 1.29 is 5.11 Å². The molecule has 0 spiro atoms. The average Bonchev–Trinajstić information content (AvgIpc) is 2.38. The molecular formula is C15H18N2O. The third-order valence-electron chi connectivity index (χ3n) is 3.02. The molecule has 2 rings (SSSR count). The molecule has 0 saturated carbocycles. The maximum Gasteiger partial charge on any atom is 0.115 e. The first-order chi connectivity index (χ1) is 8.69. The SMILES string of the molecule is CNC(Cc1ccc(O)cc1)c1cc(C)ccn1. The molecule has 3 heteroatoms. The summed E-state index contributed by atoms with van der Waals surface area (Å²) in [6.07, 6.45) is 2.69. The van der Waals surface area contributed by atoms with E-state index >= 15 is 0 Å². The molecule has 0 fully saturated rings. The van der Waals surface area contributed by atoms with Crippen LogP contribution in [0.3, 0.4) is 0 Å². The van der Waals surface area contributed by atoms with Crippen LogP contribution < -0.4 is 5.32 Å². The van der Waals surface area contributed by atoms with Gasteiger partial charge < -0.3 is 10.4 Å². The number of aromatic hydroxyl groups is 1. The first kappa shape index (κ1) is 12.6. The van der Waals surface area contributed by atoms with Gasteiger partial charge in [0.05, 0.1) is 11.7 Å². The molecule has 18 heavy (non-hydrogen) atoms. The number of likely N-dealkylation sites (N-methyl/N-ethyl adjacent to an activating group) is 1. The monoisotopic (exact) mass is 242 g/mol. The molecule has 2 N–H and O–H groups in total. The average molecular weight is 242 g/mol. The number of hydrogen-bond acceptors (Lipinski definition) is 3. The number of phenolic OH excluding ortho intramolecular Hbond substituents is 1. The Labute approximate surface area is 108 Å². The zero-order chi connectivity index (χ0) is 13.0. The van der Waals surface area contributed by atoms with Gasteiger partial charge >= 0.3 is 0 Å². The fourth-order valence-corrected chi connectivity index (χ4v) is 1.97. The number of aromatic nitrogens is 1. The van der Waals surface area contributed by atoms with E-state index in [0.29, 0.717) is 5.75 Å². The lowest BCUT2D eigenvalue weighted by Crippen LogP contribution is -2.20. The van der Waals surface area contributed by atoms with Crippen molar-refractivity contribution >= 4 is 0 Å². The van der Waals surface area contributed by atoms with E-state index < -0.39 is 0 Å². The summed E-state index contributed by atoms with van der Waals surface area (Å²) in [5.41, 5.74) is 3.44. The summed E-state index contributed by atoms with van der Waals surface area (Å²) in [7, 11) is 1.94. The number of nitrogens with zero attached hydrogens (tertiary/aromatic N) is 1. The molecule has 3 nitrogen and oxygen atoms in total. The second-order valence-electron chi connectivity index (χ2n) is 4.47. The third kappa shape index (κ3) is 3.08. The van der Waals surface area contributed by atoms with Crippen LogP contribution in [0.5, 0.6) is 5.75 Å².